The van der Waals surface area contributed by atoms with E-state index in [2.05, 4.69) is 0 Å². The van der Waals surface area contributed by atoms with E-state index in [1.54, 1.807) is 27.7 Å². The van der Waals surface area contributed by atoms with Crippen molar-refractivity contribution in [2.75, 3.05) is 0 Å². The Morgan fingerprint density at radius 3 is 2.00 bits per heavy atom. The van der Waals surface area contributed by atoms with E-state index in [0.717, 1.165) is 0 Å². The third-order valence-electron chi connectivity index (χ3n) is 2.52. The maximum Gasteiger partial charge on any atom is 0.303 e. The second-order valence-electron chi connectivity index (χ2n) is 4.09. The van der Waals surface area contributed by atoms with Gasteiger partial charge in [-0.05, 0) is 27.7 Å². The van der Waals surface area contributed by atoms with Gasteiger partial charge < -0.3 is 9.94 Å². The molecule has 5 nitrogen and oxygen atoms in total. The molecule has 1 atom stereocenters. The van der Waals surface area contributed by atoms with Gasteiger partial charge in [0.2, 0.25) is 0 Å². The third kappa shape index (κ3) is 2.65. The smallest absolute Gasteiger partial charge is 0.303 e. The number of quaternary nitrogens is 1. The van der Waals surface area contributed by atoms with Crippen molar-refractivity contribution in [3.05, 3.63) is 5.21 Å². The van der Waals surface area contributed by atoms with E-state index in [-0.39, 0.29) is 0 Å². The average molecular weight is 190 g/mol. The summed E-state index contributed by atoms with van der Waals surface area (Å²) >= 11 is 0. The zero-order valence-electron chi connectivity index (χ0n) is 8.80. The van der Waals surface area contributed by atoms with Crippen molar-refractivity contribution in [3.63, 3.8) is 0 Å². The van der Waals surface area contributed by atoms with Gasteiger partial charge in [0.1, 0.15) is 5.54 Å². The number of ether oxygens (including phenoxy) is 1. The number of rotatable bonds is 3. The first-order chi connectivity index (χ1) is 5.61. The van der Waals surface area contributed by atoms with Gasteiger partial charge in [-0.1, -0.05) is 0 Å². The molecule has 0 aliphatic carbocycles. The number of carbonyl (C=O) groups is 1. The molecule has 0 heterocycles. The van der Waals surface area contributed by atoms with Crippen LogP contribution in [0.4, 0.5) is 0 Å². The van der Waals surface area contributed by atoms with Crippen molar-refractivity contribution in [1.82, 2.24) is 0 Å². The van der Waals surface area contributed by atoms with Crippen molar-refractivity contribution < 1.29 is 14.7 Å². The van der Waals surface area contributed by atoms with Crippen LogP contribution < -0.4 is 11.0 Å². The number of nitrogens with one attached hydrogen (secondary N) is 1. The molecule has 0 saturated heterocycles. The van der Waals surface area contributed by atoms with Crippen LogP contribution in [-0.4, -0.2) is 17.1 Å². The molecular weight excluding hydrogens is 172 g/mol. The van der Waals surface area contributed by atoms with Gasteiger partial charge in [-0.3, -0.25) is 9.97 Å². The minimum absolute atomic E-state index is 0.417. The van der Waals surface area contributed by atoms with Crippen LogP contribution in [0.2, 0.25) is 0 Å². The Bertz CT molecular complexity index is 200. The molecule has 0 saturated carbocycles. The van der Waals surface area contributed by atoms with Gasteiger partial charge in [0.15, 0.2) is 5.60 Å². The average Bonchev–Trinajstić information content (AvgIpc) is 1.83. The molecule has 0 amide bonds. The first kappa shape index (κ1) is 12.3. The quantitative estimate of drug-likeness (QED) is 0.352. The van der Waals surface area contributed by atoms with Gasteiger partial charge in [0.25, 0.3) is 0 Å². The number of hydroxylamine groups is 1. The first-order valence-electron chi connectivity index (χ1n) is 4.11. The van der Waals surface area contributed by atoms with E-state index in [1.807, 2.05) is 0 Å². The van der Waals surface area contributed by atoms with Crippen LogP contribution in [0.5, 0.6) is 0 Å². The normalized spacial score (nSPS) is 15.3. The highest BCUT2D eigenvalue weighted by atomic mass is 16.6. The molecular formula is C8H18N2O3. The molecule has 0 aromatic rings. The molecule has 5 heteroatoms. The zero-order chi connectivity index (χ0) is 10.9. The van der Waals surface area contributed by atoms with Gasteiger partial charge in [0, 0.05) is 6.92 Å². The van der Waals surface area contributed by atoms with Gasteiger partial charge in [-0.25, -0.2) is 0 Å². The largest absolute Gasteiger partial charge is 0.613 e. The lowest BCUT2D eigenvalue weighted by atomic mass is 9.86. The fraction of sp³-hybridized carbons (Fsp3) is 0.875. The number of hydrogen-bond donors (Lipinski definition) is 2. The zero-order valence-corrected chi connectivity index (χ0v) is 8.80. The maximum absolute atomic E-state index is 11.1. The minimum atomic E-state index is -0.884. The van der Waals surface area contributed by atoms with Crippen molar-refractivity contribution in [2.24, 2.45) is 5.84 Å². The van der Waals surface area contributed by atoms with Crippen LogP contribution in [0.3, 0.4) is 0 Å². The van der Waals surface area contributed by atoms with Gasteiger partial charge in [-0.15, -0.1) is 0 Å². The summed E-state index contributed by atoms with van der Waals surface area (Å²) in [5, 5.41) is 10.6. The lowest BCUT2D eigenvalue weighted by Crippen LogP contribution is -3.22. The SMILES string of the molecule is CC(=O)OC(C)(C)C(C)(C)[NH+](N)[O-]. The molecule has 0 radical (unpaired) electrons. The van der Waals surface area contributed by atoms with Crippen molar-refractivity contribution >= 4 is 5.97 Å². The Morgan fingerprint density at radius 1 is 1.38 bits per heavy atom. The monoisotopic (exact) mass is 190 g/mol. The molecule has 0 aliphatic heterocycles. The minimum Gasteiger partial charge on any atom is -0.613 e. The second kappa shape index (κ2) is 3.61. The Labute approximate surface area is 78.4 Å². The standard InChI is InChI=1S/C8H18N2O3/c1-6(11)13-8(4,5)7(2,3)10(9)12/h10H,9H2,1-5H3. The highest BCUT2D eigenvalue weighted by Gasteiger charge is 2.45. The molecule has 1 unspecified atom stereocenters. The lowest BCUT2D eigenvalue weighted by Gasteiger charge is -2.44. The summed E-state index contributed by atoms with van der Waals surface area (Å²) in [5.74, 6) is 4.78. The summed E-state index contributed by atoms with van der Waals surface area (Å²) in [6, 6.07) is 0. The van der Waals surface area contributed by atoms with Crippen molar-refractivity contribution in [2.45, 2.75) is 45.8 Å². The van der Waals surface area contributed by atoms with Crippen LogP contribution in [0, 0.1) is 5.21 Å². The van der Waals surface area contributed by atoms with Crippen LogP contribution in [0.1, 0.15) is 34.6 Å². The number of esters is 1. The van der Waals surface area contributed by atoms with Gasteiger partial charge in [0.05, 0.1) is 0 Å². The molecule has 0 aromatic carbocycles. The van der Waals surface area contributed by atoms with Crippen LogP contribution in [-0.2, 0) is 9.53 Å². The topological polar surface area (TPSA) is 79.8 Å². The molecule has 13 heavy (non-hydrogen) atoms. The van der Waals surface area contributed by atoms with Gasteiger partial charge >= 0.3 is 5.97 Å². The van der Waals surface area contributed by atoms with E-state index in [0.29, 0.717) is 0 Å². The molecule has 0 aromatic heterocycles. The van der Waals surface area contributed by atoms with Crippen LogP contribution in [0.15, 0.2) is 0 Å². The lowest BCUT2D eigenvalue weighted by molar-refractivity contribution is -0.921. The first-order valence-corrected chi connectivity index (χ1v) is 4.11. The van der Waals surface area contributed by atoms with E-state index in [1.165, 1.54) is 6.92 Å². The molecule has 0 aliphatic rings. The van der Waals surface area contributed by atoms with E-state index in [9.17, 15) is 10.0 Å². The summed E-state index contributed by atoms with van der Waals surface area (Å²) in [6.45, 7) is 7.94. The fourth-order valence-electron chi connectivity index (χ4n) is 0.784. The summed E-state index contributed by atoms with van der Waals surface area (Å²) in [4.78, 5) is 10.8. The molecule has 0 spiro atoms. The van der Waals surface area contributed by atoms with E-state index < -0.39 is 22.3 Å². The molecule has 0 fully saturated rings. The summed E-state index contributed by atoms with van der Waals surface area (Å²) in [6.07, 6.45) is 0. The van der Waals surface area contributed by atoms with Crippen LogP contribution >= 0.6 is 0 Å². The van der Waals surface area contributed by atoms with Crippen LogP contribution in [0.25, 0.3) is 0 Å². The van der Waals surface area contributed by atoms with Gasteiger partial charge in [-0.2, -0.15) is 5.84 Å². The highest BCUT2D eigenvalue weighted by Crippen LogP contribution is 2.22. The van der Waals surface area contributed by atoms with Crippen molar-refractivity contribution in [1.29, 1.82) is 0 Å². The second-order valence-corrected chi connectivity index (χ2v) is 4.09. The molecule has 0 bridgehead atoms. The predicted molar refractivity (Wildman–Crippen MR) is 48.4 cm³/mol. The Morgan fingerprint density at radius 2 is 1.77 bits per heavy atom. The van der Waals surface area contributed by atoms with E-state index >= 15 is 0 Å². The summed E-state index contributed by atoms with van der Waals surface area (Å²) < 4.78 is 5.02. The number of carbonyl (C=O) groups excluding carboxylic acids is 1. The Hall–Kier alpha value is -0.650. The summed E-state index contributed by atoms with van der Waals surface area (Å²) in [5.41, 5.74) is -1.76. The summed E-state index contributed by atoms with van der Waals surface area (Å²) in [7, 11) is 0. The predicted octanol–water partition coefficient (Wildman–Crippen LogP) is -0.637. The highest BCUT2D eigenvalue weighted by molar-refractivity contribution is 5.66. The Balaban J connectivity index is 4.70. The molecule has 78 valence electrons. The maximum atomic E-state index is 11.1. The number of nitrogens with two attached hydrogens (primary N) is 1. The Kier molecular flexibility index (Phi) is 3.43. The molecule has 3 N–H and O–H groups in total. The van der Waals surface area contributed by atoms with E-state index in [4.69, 9.17) is 10.6 Å². The fourth-order valence-corrected chi connectivity index (χ4v) is 0.784. The third-order valence-corrected chi connectivity index (χ3v) is 2.52. The molecule has 0 rings (SSSR count). The number of hydrogen-bond acceptors (Lipinski definition) is 4. The van der Waals surface area contributed by atoms with Crippen molar-refractivity contribution in [3.8, 4) is 0 Å².